The molecular weight excluding hydrogens is 312 g/mol. The van der Waals surface area contributed by atoms with E-state index >= 15 is 0 Å². The summed E-state index contributed by atoms with van der Waals surface area (Å²) in [5.41, 5.74) is 0.763. The Morgan fingerprint density at radius 3 is 2.42 bits per heavy atom. The average Bonchev–Trinajstić information content (AvgIpc) is 2.83. The van der Waals surface area contributed by atoms with Crippen LogP contribution >= 0.6 is 0 Å². The van der Waals surface area contributed by atoms with E-state index in [1.54, 1.807) is 19.9 Å². The molecule has 0 fully saturated rings. The number of aliphatic hydroxyl groups is 1. The number of Topliss-reactive ketones (excluding diaryl/α,β-unsaturated/α-hetero) is 2. The van der Waals surface area contributed by atoms with Gasteiger partial charge in [-0.3, -0.25) is 9.59 Å². The van der Waals surface area contributed by atoms with Gasteiger partial charge in [0.2, 0.25) is 11.6 Å². The Bertz CT molecular complexity index is 791. The number of fused-ring (bicyclic) bond motifs is 2. The minimum atomic E-state index is -0.917. The molecule has 6 heteroatoms. The van der Waals surface area contributed by atoms with Crippen molar-refractivity contribution < 1.29 is 28.9 Å². The van der Waals surface area contributed by atoms with Crippen LogP contribution in [-0.2, 0) is 9.53 Å². The molecule has 1 aliphatic heterocycles. The normalized spacial score (nSPS) is 25.3. The number of ketones is 2. The van der Waals surface area contributed by atoms with Crippen LogP contribution in [0.25, 0.3) is 5.76 Å². The maximum absolute atomic E-state index is 12.8. The average molecular weight is 332 g/mol. The number of methoxy groups -OCH3 is 2. The molecule has 6 nitrogen and oxygen atoms in total. The second-order valence-electron chi connectivity index (χ2n) is 6.38. The van der Waals surface area contributed by atoms with E-state index in [0.29, 0.717) is 17.1 Å². The maximum Gasteiger partial charge on any atom is 0.237 e. The summed E-state index contributed by atoms with van der Waals surface area (Å²) >= 11 is 0. The number of ether oxygens (including phenoxy) is 3. The van der Waals surface area contributed by atoms with E-state index < -0.39 is 23.1 Å². The molecule has 1 aliphatic carbocycles. The lowest BCUT2D eigenvalue weighted by molar-refractivity contribution is -0.113. The van der Waals surface area contributed by atoms with Crippen molar-refractivity contribution in [2.45, 2.75) is 26.9 Å². The Kier molecular flexibility index (Phi) is 3.68. The predicted molar refractivity (Wildman–Crippen MR) is 86.3 cm³/mol. The lowest BCUT2D eigenvalue weighted by Gasteiger charge is -2.27. The topological polar surface area (TPSA) is 82.1 Å². The highest BCUT2D eigenvalue weighted by atomic mass is 16.5. The highest BCUT2D eigenvalue weighted by Gasteiger charge is 2.53. The van der Waals surface area contributed by atoms with Gasteiger partial charge in [0.1, 0.15) is 11.9 Å². The fourth-order valence-electron chi connectivity index (χ4n) is 3.44. The summed E-state index contributed by atoms with van der Waals surface area (Å²) in [7, 11) is 2.89. The maximum atomic E-state index is 12.8. The van der Waals surface area contributed by atoms with Crippen molar-refractivity contribution in [1.29, 1.82) is 0 Å². The Morgan fingerprint density at radius 1 is 1.21 bits per heavy atom. The number of hydrogen-bond acceptors (Lipinski definition) is 6. The zero-order chi connectivity index (χ0) is 17.8. The lowest BCUT2D eigenvalue weighted by Crippen LogP contribution is -2.37. The van der Waals surface area contributed by atoms with Gasteiger partial charge in [-0.2, -0.15) is 0 Å². The molecule has 1 aromatic rings. The van der Waals surface area contributed by atoms with Crippen molar-refractivity contribution in [3.05, 3.63) is 28.3 Å². The van der Waals surface area contributed by atoms with Crippen LogP contribution in [0.1, 0.15) is 35.3 Å². The summed E-state index contributed by atoms with van der Waals surface area (Å²) in [6, 6.07) is 1.74. The van der Waals surface area contributed by atoms with Crippen LogP contribution in [0, 0.1) is 12.3 Å². The third-order valence-electron chi connectivity index (χ3n) is 5.07. The van der Waals surface area contributed by atoms with Crippen molar-refractivity contribution in [3.63, 3.8) is 0 Å². The Balaban J connectivity index is 2.40. The summed E-state index contributed by atoms with van der Waals surface area (Å²) in [5.74, 6) is -0.367. The van der Waals surface area contributed by atoms with Crippen LogP contribution in [0.3, 0.4) is 0 Å². The van der Waals surface area contributed by atoms with E-state index in [4.69, 9.17) is 14.2 Å². The summed E-state index contributed by atoms with van der Waals surface area (Å²) < 4.78 is 16.5. The zero-order valence-electron chi connectivity index (χ0n) is 14.4. The van der Waals surface area contributed by atoms with E-state index in [-0.39, 0.29) is 23.5 Å². The SMILES string of the molecule is COc1cc(C)c2c(c1OC)C(=O)C(=O)C1=C2OC(C)C1(C)CO. The number of aryl methyl sites for hydroxylation is 1. The minimum absolute atomic E-state index is 0.160. The van der Waals surface area contributed by atoms with E-state index in [9.17, 15) is 14.7 Å². The lowest BCUT2D eigenvalue weighted by atomic mass is 9.72. The Hall–Kier alpha value is -2.34. The second-order valence-corrected chi connectivity index (χ2v) is 6.38. The first-order valence-corrected chi connectivity index (χ1v) is 7.69. The monoisotopic (exact) mass is 332 g/mol. The van der Waals surface area contributed by atoms with E-state index in [1.165, 1.54) is 14.2 Å². The number of rotatable bonds is 3. The first kappa shape index (κ1) is 16.5. The first-order chi connectivity index (χ1) is 11.3. The van der Waals surface area contributed by atoms with Gasteiger partial charge < -0.3 is 19.3 Å². The highest BCUT2D eigenvalue weighted by Crippen LogP contribution is 2.52. The van der Waals surface area contributed by atoms with E-state index in [0.717, 1.165) is 5.56 Å². The van der Waals surface area contributed by atoms with Crippen molar-refractivity contribution >= 4 is 17.3 Å². The molecule has 2 unspecified atom stereocenters. The van der Waals surface area contributed by atoms with Crippen molar-refractivity contribution in [3.8, 4) is 11.5 Å². The van der Waals surface area contributed by atoms with Crippen LogP contribution in [0.5, 0.6) is 11.5 Å². The number of carbonyl (C=O) groups is 2. The van der Waals surface area contributed by atoms with Gasteiger partial charge in [0.15, 0.2) is 11.5 Å². The summed E-state index contributed by atoms with van der Waals surface area (Å²) in [6.07, 6.45) is -0.428. The Labute approximate surface area is 140 Å². The van der Waals surface area contributed by atoms with Gasteiger partial charge in [0, 0.05) is 5.56 Å². The quantitative estimate of drug-likeness (QED) is 0.852. The number of carbonyl (C=O) groups excluding carboxylic acids is 2. The number of aliphatic hydroxyl groups excluding tert-OH is 1. The van der Waals surface area contributed by atoms with Gasteiger partial charge in [0.05, 0.1) is 37.4 Å². The van der Waals surface area contributed by atoms with Crippen LogP contribution in [0.4, 0.5) is 0 Å². The second kappa shape index (κ2) is 5.34. The molecule has 0 amide bonds. The molecule has 0 spiro atoms. The Morgan fingerprint density at radius 2 is 1.88 bits per heavy atom. The van der Waals surface area contributed by atoms with Gasteiger partial charge in [-0.15, -0.1) is 0 Å². The molecule has 0 radical (unpaired) electrons. The molecule has 1 N–H and O–H groups in total. The predicted octanol–water partition coefficient (Wildman–Crippen LogP) is 1.91. The largest absolute Gasteiger partial charge is 0.493 e. The van der Waals surface area contributed by atoms with E-state index in [2.05, 4.69) is 0 Å². The molecule has 3 rings (SSSR count). The van der Waals surface area contributed by atoms with Gasteiger partial charge in [0.25, 0.3) is 0 Å². The van der Waals surface area contributed by atoms with Gasteiger partial charge in [-0.25, -0.2) is 0 Å². The molecule has 0 aromatic heterocycles. The van der Waals surface area contributed by atoms with Crippen molar-refractivity contribution in [1.82, 2.24) is 0 Å². The molecule has 0 saturated heterocycles. The molecular formula is C18H20O6. The van der Waals surface area contributed by atoms with Gasteiger partial charge >= 0.3 is 0 Å². The van der Waals surface area contributed by atoms with Gasteiger partial charge in [-0.1, -0.05) is 0 Å². The van der Waals surface area contributed by atoms with Crippen LogP contribution in [0.2, 0.25) is 0 Å². The molecule has 1 aromatic carbocycles. The smallest absolute Gasteiger partial charge is 0.237 e. The molecule has 0 saturated carbocycles. The van der Waals surface area contributed by atoms with Crippen LogP contribution < -0.4 is 9.47 Å². The fourth-order valence-corrected chi connectivity index (χ4v) is 3.44. The summed E-state index contributed by atoms with van der Waals surface area (Å²) in [4.78, 5) is 25.6. The summed E-state index contributed by atoms with van der Waals surface area (Å²) in [5, 5.41) is 9.82. The zero-order valence-corrected chi connectivity index (χ0v) is 14.4. The summed E-state index contributed by atoms with van der Waals surface area (Å²) in [6.45, 7) is 5.04. The first-order valence-electron chi connectivity index (χ1n) is 7.69. The minimum Gasteiger partial charge on any atom is -0.493 e. The highest BCUT2D eigenvalue weighted by molar-refractivity contribution is 6.53. The molecule has 2 aliphatic rings. The molecule has 2 atom stereocenters. The van der Waals surface area contributed by atoms with Crippen molar-refractivity contribution in [2.75, 3.05) is 20.8 Å². The van der Waals surface area contributed by atoms with Gasteiger partial charge in [-0.05, 0) is 32.4 Å². The number of benzene rings is 1. The third-order valence-corrected chi connectivity index (χ3v) is 5.07. The standard InChI is InChI=1S/C18H20O6/c1-8-6-10(22-4)16(23-5)12-11(8)17-13(15(21)14(12)20)18(3,7-19)9(2)24-17/h6,9,19H,7H2,1-5H3. The molecule has 1 heterocycles. The fraction of sp³-hybridized carbons (Fsp3) is 0.444. The van der Waals surface area contributed by atoms with E-state index in [1.807, 2.05) is 6.92 Å². The van der Waals surface area contributed by atoms with Crippen molar-refractivity contribution in [2.24, 2.45) is 5.41 Å². The number of hydrogen-bond donors (Lipinski definition) is 1. The molecule has 24 heavy (non-hydrogen) atoms. The van der Waals surface area contributed by atoms with Crippen LogP contribution in [0.15, 0.2) is 11.6 Å². The molecule has 128 valence electrons. The molecule has 0 bridgehead atoms. The third kappa shape index (κ3) is 1.86. The van der Waals surface area contributed by atoms with Crippen LogP contribution in [-0.4, -0.2) is 43.6 Å².